The van der Waals surface area contributed by atoms with E-state index in [4.69, 9.17) is 22.9 Å². The Balaban J connectivity index is 1.72. The highest BCUT2D eigenvalue weighted by Crippen LogP contribution is 2.43. The van der Waals surface area contributed by atoms with Crippen LogP contribution in [0.15, 0.2) is 16.6 Å². The molecule has 1 heterocycles. The van der Waals surface area contributed by atoms with Crippen molar-refractivity contribution < 1.29 is 61.8 Å². The number of aliphatic hydroxyl groups is 3. The van der Waals surface area contributed by atoms with Crippen LogP contribution in [0.25, 0.3) is 0 Å². The van der Waals surface area contributed by atoms with Crippen LogP contribution in [-0.4, -0.2) is 109 Å². The Bertz CT molecular complexity index is 1490. The summed E-state index contributed by atoms with van der Waals surface area (Å²) in [5.74, 6) is 1.06. The summed E-state index contributed by atoms with van der Waals surface area (Å²) in [5.41, 5.74) is 2.64. The van der Waals surface area contributed by atoms with E-state index < -0.39 is 50.8 Å². The molecule has 14 heteroatoms. The third-order valence-corrected chi connectivity index (χ3v) is 13.6. The zero-order valence-electron chi connectivity index (χ0n) is 41.1. The molecule has 7 atom stereocenters. The zero-order valence-corrected chi connectivity index (χ0v) is 42.0. The molecule has 0 bridgehead atoms. The minimum atomic E-state index is -4.45. The first-order valence-electron chi connectivity index (χ1n) is 25.0. The first-order chi connectivity index (χ1) is 30.5. The number of carbonyl (C=O) groups is 2. The van der Waals surface area contributed by atoms with Crippen molar-refractivity contribution in [2.75, 3.05) is 47.5 Å². The van der Waals surface area contributed by atoms with Gasteiger partial charge in [0.2, 0.25) is 0 Å². The molecular formula is C50H91NO12P+. The van der Waals surface area contributed by atoms with Gasteiger partial charge >= 0.3 is 19.8 Å². The average Bonchev–Trinajstić information content (AvgIpc) is 3.66. The van der Waals surface area contributed by atoms with Gasteiger partial charge in [-0.25, -0.2) is 4.57 Å². The maximum atomic E-state index is 12.9. The van der Waals surface area contributed by atoms with Crippen LogP contribution < -0.4 is 0 Å². The fraction of sp³-hybridized carbons (Fsp3) is 0.840. The van der Waals surface area contributed by atoms with Gasteiger partial charge in [0.05, 0.1) is 46.1 Å². The molecule has 1 saturated carbocycles. The number of hydrogen-bond donors (Lipinski definition) is 4. The van der Waals surface area contributed by atoms with Crippen LogP contribution in [-0.2, 0) is 45.5 Å². The molecule has 372 valence electrons. The molecular weight excluding hydrogens is 838 g/mol. The summed E-state index contributed by atoms with van der Waals surface area (Å²) in [6.07, 6.45) is 22.9. The summed E-state index contributed by atoms with van der Waals surface area (Å²) in [7, 11) is 1.33. The second kappa shape index (κ2) is 32.6. The summed E-state index contributed by atoms with van der Waals surface area (Å²) in [6, 6.07) is 0. The molecule has 1 fully saturated rings. The first kappa shape index (κ1) is 58.0. The minimum Gasteiger partial charge on any atom is -0.466 e. The zero-order chi connectivity index (χ0) is 47.4. The maximum Gasteiger partial charge on any atom is 0.472 e. The Kier molecular flexibility index (Phi) is 29.5. The molecule has 0 aliphatic heterocycles. The maximum absolute atomic E-state index is 12.9. The van der Waals surface area contributed by atoms with Crippen LogP contribution in [0.3, 0.4) is 0 Å². The number of quaternary nitrogens is 1. The highest BCUT2D eigenvalue weighted by Gasteiger charge is 2.39. The first-order valence-corrected chi connectivity index (χ1v) is 26.5. The number of nitrogens with zero attached hydrogens (tertiary/aromatic N) is 1. The van der Waals surface area contributed by atoms with Gasteiger partial charge in [0, 0.05) is 38.0 Å². The van der Waals surface area contributed by atoms with Gasteiger partial charge in [-0.2, -0.15) is 0 Å². The largest absolute Gasteiger partial charge is 0.472 e. The molecule has 0 saturated heterocycles. The van der Waals surface area contributed by atoms with Gasteiger partial charge in [0.25, 0.3) is 0 Å². The van der Waals surface area contributed by atoms with Crippen molar-refractivity contribution in [1.82, 2.24) is 0 Å². The number of unbranched alkanes of at least 4 members (excludes halogenated alkanes) is 14. The van der Waals surface area contributed by atoms with Crippen molar-refractivity contribution in [3.63, 3.8) is 0 Å². The van der Waals surface area contributed by atoms with Crippen LogP contribution in [0.4, 0.5) is 0 Å². The third-order valence-electron chi connectivity index (χ3n) is 12.6. The lowest BCUT2D eigenvalue weighted by molar-refractivity contribution is -0.870. The van der Waals surface area contributed by atoms with Gasteiger partial charge in [-0.15, -0.1) is 0 Å². The second-order valence-electron chi connectivity index (χ2n) is 19.4. The summed E-state index contributed by atoms with van der Waals surface area (Å²) in [4.78, 5) is 35.8. The number of rotatable bonds is 38. The molecule has 1 aromatic rings. The topological polar surface area (TPSA) is 182 Å². The number of furan rings is 1. The van der Waals surface area contributed by atoms with E-state index in [1.165, 1.54) is 43.2 Å². The van der Waals surface area contributed by atoms with Crippen LogP contribution in [0.1, 0.15) is 184 Å². The molecule has 0 aromatic carbocycles. The van der Waals surface area contributed by atoms with E-state index in [2.05, 4.69) is 27.7 Å². The molecule has 1 aliphatic rings. The molecule has 1 aromatic heterocycles. The lowest BCUT2D eigenvalue weighted by Gasteiger charge is -2.24. The molecule has 0 spiro atoms. The predicted octanol–water partition coefficient (Wildman–Crippen LogP) is 10.2. The van der Waals surface area contributed by atoms with Crippen molar-refractivity contribution in [3.05, 3.63) is 34.8 Å². The number of likely N-dealkylation sites (N-methyl/N-ethyl adjacent to an activating group) is 1. The molecule has 2 rings (SSSR count). The normalized spacial score (nSPS) is 19.9. The fourth-order valence-corrected chi connectivity index (χ4v) is 9.09. The minimum absolute atomic E-state index is 0.0120. The smallest absolute Gasteiger partial charge is 0.466 e. The Morgan fingerprint density at radius 1 is 0.750 bits per heavy atom. The summed E-state index contributed by atoms with van der Waals surface area (Å²) in [6.45, 7) is 8.39. The number of esters is 2. The van der Waals surface area contributed by atoms with Crippen LogP contribution in [0.2, 0.25) is 0 Å². The summed E-state index contributed by atoms with van der Waals surface area (Å²) in [5, 5.41) is 31.5. The molecule has 4 N–H and O–H groups in total. The summed E-state index contributed by atoms with van der Waals surface area (Å²) < 4.78 is 40.7. The van der Waals surface area contributed by atoms with Gasteiger partial charge < -0.3 is 38.6 Å². The Hall–Kier alpha value is -2.09. The van der Waals surface area contributed by atoms with Crippen LogP contribution in [0, 0.1) is 25.7 Å². The lowest BCUT2D eigenvalue weighted by atomic mass is 9.88. The molecule has 0 radical (unpaired) electrons. The van der Waals surface area contributed by atoms with Gasteiger partial charge in [0.1, 0.15) is 31.3 Å². The van der Waals surface area contributed by atoms with Gasteiger partial charge in [-0.05, 0) is 69.4 Å². The van der Waals surface area contributed by atoms with Crippen molar-refractivity contribution in [3.8, 4) is 0 Å². The highest BCUT2D eigenvalue weighted by molar-refractivity contribution is 7.47. The number of aliphatic hydroxyl groups excluding tert-OH is 3. The van der Waals surface area contributed by atoms with E-state index >= 15 is 0 Å². The molecule has 64 heavy (non-hydrogen) atoms. The predicted molar refractivity (Wildman–Crippen MR) is 253 cm³/mol. The van der Waals surface area contributed by atoms with Crippen molar-refractivity contribution in [2.45, 2.75) is 213 Å². The lowest BCUT2D eigenvalue weighted by Crippen LogP contribution is -2.37. The summed E-state index contributed by atoms with van der Waals surface area (Å²) >= 11 is 0. The van der Waals surface area contributed by atoms with Crippen LogP contribution in [0.5, 0.6) is 0 Å². The Morgan fingerprint density at radius 2 is 1.30 bits per heavy atom. The fourth-order valence-electron chi connectivity index (χ4n) is 8.35. The highest BCUT2D eigenvalue weighted by atomic mass is 31.2. The average molecular weight is 929 g/mol. The van der Waals surface area contributed by atoms with E-state index in [-0.39, 0.29) is 37.9 Å². The number of aryl methyl sites for hydroxylation is 2. The van der Waals surface area contributed by atoms with E-state index in [1.54, 1.807) is 6.08 Å². The number of phosphoric acid groups is 1. The van der Waals surface area contributed by atoms with Crippen LogP contribution >= 0.6 is 7.82 Å². The quantitative estimate of drug-likeness (QED) is 0.0162. The second-order valence-corrected chi connectivity index (χ2v) is 20.9. The van der Waals surface area contributed by atoms with Crippen molar-refractivity contribution in [2.24, 2.45) is 11.8 Å². The van der Waals surface area contributed by atoms with E-state index in [1.807, 2.05) is 27.2 Å². The van der Waals surface area contributed by atoms with Gasteiger partial charge in [-0.1, -0.05) is 116 Å². The van der Waals surface area contributed by atoms with E-state index in [0.717, 1.165) is 101 Å². The van der Waals surface area contributed by atoms with Gasteiger partial charge in [-0.3, -0.25) is 18.6 Å². The molecule has 1 unspecified atom stereocenters. The Labute approximate surface area is 387 Å². The number of carbonyl (C=O) groups excluding carboxylic acids is 2. The van der Waals surface area contributed by atoms with Crippen molar-refractivity contribution in [1.29, 1.82) is 0 Å². The standard InChI is InChI=1S/C50H90NO12P/c1-8-10-20-26-41(52)32-33-44-43(45(53)36-46(44)54)27-22-18-19-25-31-50(56)62-42(38-61-64(57,58)60-35-34-51(5,6)7)37-59-49(55)30-24-17-15-13-12-14-16-23-29-48-40(4)39(3)47(63-48)28-21-11-9-2/h32-33,41-46,52-54H,8-31,34-38H2,1-7H3/p+1/b33-32+/t41-,42+,43+,44+,45-,46+/m0/s1. The SMILES string of the molecule is CCCCCc1oc(CCCCCCCCCCC(=O)OC[C@H](COP(=O)(O)OCC[N+](C)(C)C)OC(=O)CCCCCC[C@@H]2[C@@H](/C=C/[C@@H](O)CCCCC)[C@H](O)C[C@@H]2O)c(C)c1C. The molecule has 13 nitrogen and oxygen atoms in total. The monoisotopic (exact) mass is 929 g/mol. The molecule has 0 amide bonds. The van der Waals surface area contributed by atoms with Crippen molar-refractivity contribution >= 4 is 19.8 Å². The number of ether oxygens (including phenoxy) is 2. The van der Waals surface area contributed by atoms with E-state index in [0.29, 0.717) is 36.7 Å². The number of phosphoric ester groups is 1. The van der Waals surface area contributed by atoms with E-state index in [9.17, 15) is 34.4 Å². The van der Waals surface area contributed by atoms with Gasteiger partial charge in [0.15, 0.2) is 6.10 Å². The Morgan fingerprint density at radius 3 is 1.91 bits per heavy atom. The molecule has 1 aliphatic carbocycles. The third kappa shape index (κ3) is 25.7. The number of hydrogen-bond acceptors (Lipinski definition) is 11.